The summed E-state index contributed by atoms with van der Waals surface area (Å²) in [5.41, 5.74) is 0.896. The zero-order chi connectivity index (χ0) is 14.8. The van der Waals surface area contributed by atoms with Crippen LogP contribution in [-0.4, -0.2) is 31.1 Å². The average Bonchev–Trinajstić information content (AvgIpc) is 2.46. The van der Waals surface area contributed by atoms with Crippen LogP contribution in [0.1, 0.15) is 25.8 Å². The molecule has 1 aromatic rings. The van der Waals surface area contributed by atoms with Gasteiger partial charge < -0.3 is 14.8 Å². The first-order valence-electron chi connectivity index (χ1n) is 6.71. The van der Waals surface area contributed by atoms with Crippen molar-refractivity contribution in [2.45, 2.75) is 32.9 Å². The molecular formula is C15H21NO4. The highest BCUT2D eigenvalue weighted by atomic mass is 16.5. The summed E-state index contributed by atoms with van der Waals surface area (Å²) in [6, 6.07) is 8.73. The number of alkyl carbamates (subject to hydrolysis) is 1. The second kappa shape index (κ2) is 9.09. The largest absolute Gasteiger partial charge is 0.445 e. The van der Waals surface area contributed by atoms with Gasteiger partial charge in [-0.05, 0) is 18.9 Å². The Morgan fingerprint density at radius 1 is 1.25 bits per heavy atom. The summed E-state index contributed by atoms with van der Waals surface area (Å²) in [4.78, 5) is 23.2. The fraction of sp³-hybridized carbons (Fsp3) is 0.467. The number of carbonyl (C=O) groups is 2. The molecule has 0 radical (unpaired) electrons. The summed E-state index contributed by atoms with van der Waals surface area (Å²) in [7, 11) is 0. The lowest BCUT2D eigenvalue weighted by molar-refractivity contribution is -0.125. The number of carbonyl (C=O) groups excluding carboxylic acids is 2. The molecule has 0 spiro atoms. The predicted octanol–water partition coefficient (Wildman–Crippen LogP) is 2.30. The van der Waals surface area contributed by atoms with Crippen molar-refractivity contribution >= 4 is 11.9 Å². The molecule has 1 unspecified atom stereocenters. The van der Waals surface area contributed by atoms with Gasteiger partial charge in [-0.15, -0.1) is 0 Å². The number of hydrogen-bond acceptors (Lipinski definition) is 4. The first kappa shape index (κ1) is 16.2. The molecule has 110 valence electrons. The summed E-state index contributed by atoms with van der Waals surface area (Å²) in [5, 5.41) is 2.49. The van der Waals surface area contributed by atoms with E-state index in [1.807, 2.05) is 37.3 Å². The molecule has 1 N–H and O–H groups in total. The van der Waals surface area contributed by atoms with Crippen LogP contribution in [0.5, 0.6) is 0 Å². The second-order valence-corrected chi connectivity index (χ2v) is 4.45. The van der Waals surface area contributed by atoms with Gasteiger partial charge in [-0.2, -0.15) is 0 Å². The van der Waals surface area contributed by atoms with Crippen LogP contribution in [0.3, 0.4) is 0 Å². The van der Waals surface area contributed by atoms with Crippen LogP contribution >= 0.6 is 0 Å². The minimum Gasteiger partial charge on any atom is -0.445 e. The maximum atomic E-state index is 11.6. The van der Waals surface area contributed by atoms with Crippen LogP contribution in [0, 0.1) is 0 Å². The number of hydrogen-bond donors (Lipinski definition) is 1. The Bertz CT molecular complexity index is 419. The number of Topliss-reactive ketones (excluding diaryl/α,β-unsaturated/α-hetero) is 1. The zero-order valence-corrected chi connectivity index (χ0v) is 11.9. The highest BCUT2D eigenvalue weighted by Gasteiger charge is 2.16. The van der Waals surface area contributed by atoms with E-state index in [2.05, 4.69) is 5.32 Å². The normalized spacial score (nSPS) is 11.7. The van der Waals surface area contributed by atoms with Crippen molar-refractivity contribution in [2.24, 2.45) is 0 Å². The molecule has 20 heavy (non-hydrogen) atoms. The molecule has 0 aromatic heterocycles. The van der Waals surface area contributed by atoms with Gasteiger partial charge >= 0.3 is 6.09 Å². The SMILES string of the molecule is CCCOCC(=O)C(C)NC(=O)OCc1ccccc1. The van der Waals surface area contributed by atoms with E-state index in [4.69, 9.17) is 9.47 Å². The van der Waals surface area contributed by atoms with Crippen molar-refractivity contribution in [2.75, 3.05) is 13.2 Å². The van der Waals surface area contributed by atoms with E-state index in [9.17, 15) is 9.59 Å². The standard InChI is InChI=1S/C15H21NO4/c1-3-9-19-11-14(17)12(2)16-15(18)20-10-13-7-5-4-6-8-13/h4-8,12H,3,9-11H2,1-2H3,(H,16,18). The minimum atomic E-state index is -0.616. The molecule has 0 aliphatic heterocycles. The first-order chi connectivity index (χ1) is 9.63. The van der Waals surface area contributed by atoms with Gasteiger partial charge in [0.15, 0.2) is 5.78 Å². The second-order valence-electron chi connectivity index (χ2n) is 4.45. The lowest BCUT2D eigenvalue weighted by atomic mass is 10.2. The Hall–Kier alpha value is -1.88. The smallest absolute Gasteiger partial charge is 0.408 e. The van der Waals surface area contributed by atoms with E-state index in [1.54, 1.807) is 6.92 Å². The predicted molar refractivity (Wildman–Crippen MR) is 75.3 cm³/mol. The quantitative estimate of drug-likeness (QED) is 0.742. The summed E-state index contributed by atoms with van der Waals surface area (Å²) in [6.07, 6.45) is 0.249. The maximum absolute atomic E-state index is 11.6. The molecule has 0 fully saturated rings. The number of amides is 1. The van der Waals surface area contributed by atoms with Crippen molar-refractivity contribution in [1.82, 2.24) is 5.32 Å². The van der Waals surface area contributed by atoms with Crippen molar-refractivity contribution in [3.63, 3.8) is 0 Å². The molecule has 1 rings (SSSR count). The molecule has 1 aromatic carbocycles. The summed E-state index contributed by atoms with van der Waals surface area (Å²) >= 11 is 0. The van der Waals surface area contributed by atoms with Crippen molar-refractivity contribution in [1.29, 1.82) is 0 Å². The van der Waals surface area contributed by atoms with E-state index in [0.29, 0.717) is 6.61 Å². The van der Waals surface area contributed by atoms with Gasteiger partial charge in [-0.1, -0.05) is 37.3 Å². The van der Waals surface area contributed by atoms with E-state index in [0.717, 1.165) is 12.0 Å². The maximum Gasteiger partial charge on any atom is 0.408 e. The highest BCUT2D eigenvalue weighted by molar-refractivity contribution is 5.87. The van der Waals surface area contributed by atoms with E-state index < -0.39 is 12.1 Å². The molecular weight excluding hydrogens is 258 g/mol. The molecule has 0 bridgehead atoms. The monoisotopic (exact) mass is 279 g/mol. The fourth-order valence-corrected chi connectivity index (χ4v) is 1.46. The molecule has 0 saturated carbocycles. The molecule has 0 aliphatic carbocycles. The van der Waals surface area contributed by atoms with Crippen LogP contribution in [0.15, 0.2) is 30.3 Å². The molecule has 0 saturated heterocycles. The van der Waals surface area contributed by atoms with Gasteiger partial charge in [0.05, 0.1) is 6.04 Å². The van der Waals surface area contributed by atoms with Crippen molar-refractivity contribution in [3.8, 4) is 0 Å². The van der Waals surface area contributed by atoms with Gasteiger partial charge in [0, 0.05) is 6.61 Å². The molecule has 1 amide bonds. The zero-order valence-electron chi connectivity index (χ0n) is 11.9. The van der Waals surface area contributed by atoms with Crippen molar-refractivity contribution < 1.29 is 19.1 Å². The summed E-state index contributed by atoms with van der Waals surface area (Å²) in [5.74, 6) is -0.171. The van der Waals surface area contributed by atoms with Gasteiger partial charge in [0.25, 0.3) is 0 Å². The van der Waals surface area contributed by atoms with Crippen LogP contribution in [-0.2, 0) is 20.9 Å². The number of benzene rings is 1. The Morgan fingerprint density at radius 3 is 2.60 bits per heavy atom. The third kappa shape index (κ3) is 6.33. The molecule has 5 heteroatoms. The Morgan fingerprint density at radius 2 is 1.95 bits per heavy atom. The van der Waals surface area contributed by atoms with Crippen LogP contribution < -0.4 is 5.32 Å². The van der Waals surface area contributed by atoms with E-state index >= 15 is 0 Å². The number of rotatable bonds is 8. The van der Waals surface area contributed by atoms with Gasteiger partial charge in [-0.3, -0.25) is 4.79 Å². The van der Waals surface area contributed by atoms with E-state index in [-0.39, 0.29) is 19.0 Å². The Balaban J connectivity index is 2.25. The molecule has 0 aliphatic rings. The van der Waals surface area contributed by atoms with Gasteiger partial charge in [-0.25, -0.2) is 4.79 Å². The molecule has 5 nitrogen and oxygen atoms in total. The van der Waals surface area contributed by atoms with Gasteiger partial charge in [0.1, 0.15) is 13.2 Å². The fourth-order valence-electron chi connectivity index (χ4n) is 1.46. The first-order valence-corrected chi connectivity index (χ1v) is 6.71. The lowest BCUT2D eigenvalue weighted by Crippen LogP contribution is -2.40. The number of nitrogens with one attached hydrogen (secondary N) is 1. The number of ether oxygens (including phenoxy) is 2. The Labute approximate surface area is 119 Å². The van der Waals surface area contributed by atoms with Crippen LogP contribution in [0.2, 0.25) is 0 Å². The van der Waals surface area contributed by atoms with Crippen LogP contribution in [0.25, 0.3) is 0 Å². The highest BCUT2D eigenvalue weighted by Crippen LogP contribution is 2.00. The third-order valence-corrected chi connectivity index (χ3v) is 2.62. The third-order valence-electron chi connectivity index (χ3n) is 2.62. The summed E-state index contributed by atoms with van der Waals surface area (Å²) < 4.78 is 10.2. The minimum absolute atomic E-state index is 0.00791. The van der Waals surface area contributed by atoms with Crippen LogP contribution in [0.4, 0.5) is 4.79 Å². The number of ketones is 1. The van der Waals surface area contributed by atoms with E-state index in [1.165, 1.54) is 0 Å². The summed E-state index contributed by atoms with van der Waals surface area (Å²) in [6.45, 7) is 4.30. The Kier molecular flexibility index (Phi) is 7.35. The average molecular weight is 279 g/mol. The molecule has 1 atom stereocenters. The molecule has 0 heterocycles. The van der Waals surface area contributed by atoms with Crippen molar-refractivity contribution in [3.05, 3.63) is 35.9 Å². The topological polar surface area (TPSA) is 64.6 Å². The lowest BCUT2D eigenvalue weighted by Gasteiger charge is -2.13. The van der Waals surface area contributed by atoms with Gasteiger partial charge in [0.2, 0.25) is 0 Å².